The molecular formula is C20H17F2NO6. The molecule has 0 aliphatic carbocycles. The van der Waals surface area contributed by atoms with Gasteiger partial charge in [0.15, 0.2) is 17.2 Å². The largest absolute Gasteiger partial charge is 0.496 e. The maximum absolute atomic E-state index is 12.6. The molecule has 0 N–H and O–H groups in total. The zero-order valence-electron chi connectivity index (χ0n) is 15.8. The van der Waals surface area contributed by atoms with E-state index in [9.17, 15) is 13.6 Å². The lowest BCUT2D eigenvalue weighted by atomic mass is 10.1. The molecule has 0 saturated carbocycles. The number of nitrogens with zero attached hydrogens (tertiary/aromatic N) is 1. The van der Waals surface area contributed by atoms with Gasteiger partial charge >= 0.3 is 12.6 Å². The number of ether oxygens (including phenoxy) is 5. The standard InChI is InChI=1S/C20H17F2NO6/c1-25-15-10-17(27-3)16(26-2)9-11(15)8-13-19(24)29-18(23-13)12-6-4-5-7-14(12)28-20(21)22/h4-10,20H,1-3H3/b13-8+. The molecular weight excluding hydrogens is 388 g/mol. The van der Waals surface area contributed by atoms with E-state index in [1.807, 2.05) is 0 Å². The molecule has 0 unspecified atom stereocenters. The lowest BCUT2D eigenvalue weighted by Gasteiger charge is -2.12. The van der Waals surface area contributed by atoms with Crippen molar-refractivity contribution in [2.75, 3.05) is 21.3 Å². The van der Waals surface area contributed by atoms with Gasteiger partial charge in [-0.1, -0.05) is 12.1 Å². The number of carbonyl (C=O) groups excluding carboxylic acids is 1. The highest BCUT2D eigenvalue weighted by atomic mass is 19.3. The van der Waals surface area contributed by atoms with Crippen LogP contribution in [-0.2, 0) is 9.53 Å². The van der Waals surface area contributed by atoms with Crippen molar-refractivity contribution in [1.29, 1.82) is 0 Å². The summed E-state index contributed by atoms with van der Waals surface area (Å²) in [4.78, 5) is 16.4. The normalized spacial score (nSPS) is 14.6. The molecule has 0 radical (unpaired) electrons. The van der Waals surface area contributed by atoms with E-state index in [2.05, 4.69) is 9.73 Å². The van der Waals surface area contributed by atoms with E-state index in [1.165, 1.54) is 45.6 Å². The van der Waals surface area contributed by atoms with E-state index in [0.29, 0.717) is 22.8 Å². The van der Waals surface area contributed by atoms with Crippen molar-refractivity contribution in [3.8, 4) is 23.0 Å². The Labute approximate surface area is 165 Å². The van der Waals surface area contributed by atoms with E-state index in [-0.39, 0.29) is 22.9 Å². The number of hydrogen-bond donors (Lipinski definition) is 0. The summed E-state index contributed by atoms with van der Waals surface area (Å²) >= 11 is 0. The van der Waals surface area contributed by atoms with E-state index in [1.54, 1.807) is 18.2 Å². The fourth-order valence-electron chi connectivity index (χ4n) is 2.68. The van der Waals surface area contributed by atoms with Gasteiger partial charge in [-0.05, 0) is 24.3 Å². The number of esters is 1. The predicted octanol–water partition coefficient (Wildman–Crippen LogP) is 3.66. The van der Waals surface area contributed by atoms with Crippen LogP contribution in [0.4, 0.5) is 8.78 Å². The monoisotopic (exact) mass is 405 g/mol. The van der Waals surface area contributed by atoms with Crippen LogP contribution in [0.25, 0.3) is 6.08 Å². The van der Waals surface area contributed by atoms with Crippen LogP contribution in [-0.4, -0.2) is 39.8 Å². The maximum atomic E-state index is 12.6. The molecule has 7 nitrogen and oxygen atoms in total. The van der Waals surface area contributed by atoms with Gasteiger partial charge in [-0.2, -0.15) is 8.78 Å². The number of methoxy groups -OCH3 is 3. The van der Waals surface area contributed by atoms with Gasteiger partial charge < -0.3 is 23.7 Å². The fraction of sp³-hybridized carbons (Fsp3) is 0.200. The van der Waals surface area contributed by atoms with Gasteiger partial charge in [0, 0.05) is 11.6 Å². The molecule has 29 heavy (non-hydrogen) atoms. The first-order chi connectivity index (χ1) is 14.0. The predicted molar refractivity (Wildman–Crippen MR) is 99.8 cm³/mol. The lowest BCUT2D eigenvalue weighted by Crippen LogP contribution is -2.10. The Balaban J connectivity index is 2.02. The Hall–Kier alpha value is -3.62. The van der Waals surface area contributed by atoms with Gasteiger partial charge in [0.2, 0.25) is 5.90 Å². The van der Waals surface area contributed by atoms with Gasteiger partial charge in [0.25, 0.3) is 0 Å². The first-order valence-electron chi connectivity index (χ1n) is 8.33. The van der Waals surface area contributed by atoms with Crippen LogP contribution in [0.3, 0.4) is 0 Å². The van der Waals surface area contributed by atoms with Crippen molar-refractivity contribution in [2.45, 2.75) is 6.61 Å². The zero-order chi connectivity index (χ0) is 21.0. The number of hydrogen-bond acceptors (Lipinski definition) is 7. The molecule has 2 aromatic rings. The number of para-hydroxylation sites is 1. The van der Waals surface area contributed by atoms with E-state index in [0.717, 1.165) is 0 Å². The highest BCUT2D eigenvalue weighted by Crippen LogP contribution is 2.36. The number of aliphatic imine (C=N–C) groups is 1. The number of halogens is 2. The number of cyclic esters (lactones) is 1. The molecule has 0 saturated heterocycles. The molecule has 0 bridgehead atoms. The first-order valence-corrected chi connectivity index (χ1v) is 8.33. The van der Waals surface area contributed by atoms with Gasteiger partial charge in [-0.3, -0.25) is 0 Å². The van der Waals surface area contributed by atoms with Crippen molar-refractivity contribution >= 4 is 17.9 Å². The highest BCUT2D eigenvalue weighted by molar-refractivity contribution is 6.13. The van der Waals surface area contributed by atoms with Gasteiger partial charge in [-0.25, -0.2) is 9.79 Å². The summed E-state index contributed by atoms with van der Waals surface area (Å²) < 4.78 is 50.7. The summed E-state index contributed by atoms with van der Waals surface area (Å²) in [5.74, 6) is 0.238. The molecule has 3 rings (SSSR count). The average Bonchev–Trinajstić information content (AvgIpc) is 3.07. The summed E-state index contributed by atoms with van der Waals surface area (Å²) in [6, 6.07) is 9.11. The minimum atomic E-state index is -3.03. The third-order valence-electron chi connectivity index (χ3n) is 3.98. The first kappa shape index (κ1) is 20.1. The molecule has 0 atom stereocenters. The molecule has 152 valence electrons. The molecule has 0 aromatic heterocycles. The van der Waals surface area contributed by atoms with Crippen molar-refractivity contribution < 1.29 is 37.3 Å². The Bertz CT molecular complexity index is 987. The second kappa shape index (κ2) is 8.59. The van der Waals surface area contributed by atoms with Crippen LogP contribution in [0.5, 0.6) is 23.0 Å². The van der Waals surface area contributed by atoms with Crippen LogP contribution < -0.4 is 18.9 Å². The van der Waals surface area contributed by atoms with Gasteiger partial charge in [0.05, 0.1) is 26.9 Å². The van der Waals surface area contributed by atoms with Crippen molar-refractivity contribution in [1.82, 2.24) is 0 Å². The Kier molecular flexibility index (Phi) is 5.96. The minimum absolute atomic E-state index is 0.0441. The minimum Gasteiger partial charge on any atom is -0.496 e. The Morgan fingerprint density at radius 1 is 0.966 bits per heavy atom. The quantitative estimate of drug-likeness (QED) is 0.517. The Morgan fingerprint density at radius 2 is 1.62 bits per heavy atom. The van der Waals surface area contributed by atoms with E-state index in [4.69, 9.17) is 18.9 Å². The number of benzene rings is 2. The van der Waals surface area contributed by atoms with Crippen molar-refractivity contribution in [3.63, 3.8) is 0 Å². The molecule has 0 amide bonds. The summed E-state index contributed by atoms with van der Waals surface area (Å²) in [6.07, 6.45) is 1.44. The molecule has 9 heteroatoms. The zero-order valence-corrected chi connectivity index (χ0v) is 15.8. The van der Waals surface area contributed by atoms with Crippen LogP contribution in [0.2, 0.25) is 0 Å². The fourth-order valence-corrected chi connectivity index (χ4v) is 2.68. The van der Waals surface area contributed by atoms with Crippen LogP contribution in [0, 0.1) is 0 Å². The van der Waals surface area contributed by atoms with Crippen LogP contribution >= 0.6 is 0 Å². The second-order valence-electron chi connectivity index (χ2n) is 5.66. The topological polar surface area (TPSA) is 75.6 Å². The third kappa shape index (κ3) is 4.29. The smallest absolute Gasteiger partial charge is 0.387 e. The average molecular weight is 405 g/mol. The molecule has 0 spiro atoms. The second-order valence-corrected chi connectivity index (χ2v) is 5.66. The highest BCUT2D eigenvalue weighted by Gasteiger charge is 2.27. The lowest BCUT2D eigenvalue weighted by molar-refractivity contribution is -0.129. The van der Waals surface area contributed by atoms with Gasteiger partial charge in [0.1, 0.15) is 11.5 Å². The van der Waals surface area contributed by atoms with Crippen molar-refractivity contribution in [3.05, 3.63) is 53.2 Å². The SMILES string of the molecule is COc1cc(OC)c(OC)cc1/C=C1/N=C(c2ccccc2OC(F)F)OC1=O. The summed E-state index contributed by atoms with van der Waals surface area (Å²) in [7, 11) is 4.42. The molecule has 1 heterocycles. The number of alkyl halides is 2. The van der Waals surface area contributed by atoms with E-state index >= 15 is 0 Å². The van der Waals surface area contributed by atoms with Crippen LogP contribution in [0.1, 0.15) is 11.1 Å². The molecule has 0 fully saturated rings. The Morgan fingerprint density at radius 3 is 2.28 bits per heavy atom. The maximum Gasteiger partial charge on any atom is 0.387 e. The summed E-state index contributed by atoms with van der Waals surface area (Å²) in [5, 5.41) is 0. The molecule has 1 aliphatic rings. The van der Waals surface area contributed by atoms with Crippen LogP contribution in [0.15, 0.2) is 47.1 Å². The third-order valence-corrected chi connectivity index (χ3v) is 3.98. The molecule has 2 aromatic carbocycles. The van der Waals surface area contributed by atoms with Crippen molar-refractivity contribution in [2.24, 2.45) is 4.99 Å². The summed E-state index contributed by atoms with van der Waals surface area (Å²) in [5.41, 5.74) is 0.570. The number of rotatable bonds is 7. The van der Waals surface area contributed by atoms with Gasteiger partial charge in [-0.15, -0.1) is 0 Å². The number of carbonyl (C=O) groups is 1. The molecule has 1 aliphatic heterocycles. The van der Waals surface area contributed by atoms with E-state index < -0.39 is 12.6 Å². The summed E-state index contributed by atoms with van der Waals surface area (Å²) in [6.45, 7) is -3.03.